The summed E-state index contributed by atoms with van der Waals surface area (Å²) in [5.74, 6) is -0.281. The fourth-order valence-electron chi connectivity index (χ4n) is 3.72. The summed E-state index contributed by atoms with van der Waals surface area (Å²) in [6, 6.07) is 11.3. The third kappa shape index (κ3) is 3.66. The van der Waals surface area contributed by atoms with Crippen LogP contribution in [0.4, 0.5) is 16.2 Å². The zero-order chi connectivity index (χ0) is 21.4. The molecule has 7 nitrogen and oxygen atoms in total. The molecule has 1 saturated heterocycles. The van der Waals surface area contributed by atoms with E-state index in [1.54, 1.807) is 0 Å². The summed E-state index contributed by atoms with van der Waals surface area (Å²) in [5.41, 5.74) is 6.18. The minimum Gasteiger partial charge on any atom is -0.442 e. The fourth-order valence-corrected chi connectivity index (χ4v) is 3.72. The lowest BCUT2D eigenvalue weighted by atomic mass is 9.96. The lowest BCUT2D eigenvalue weighted by Crippen LogP contribution is -2.33. The van der Waals surface area contributed by atoms with Crippen LogP contribution in [0, 0.1) is 13.8 Å². The van der Waals surface area contributed by atoms with Crippen LogP contribution in [0.3, 0.4) is 0 Å². The number of hydrogen-bond acceptors (Lipinski definition) is 4. The number of fused-ring (bicyclic) bond motifs is 1. The van der Waals surface area contributed by atoms with E-state index in [-0.39, 0.29) is 24.5 Å². The second kappa shape index (κ2) is 7.67. The van der Waals surface area contributed by atoms with Crippen molar-refractivity contribution in [1.29, 1.82) is 0 Å². The van der Waals surface area contributed by atoms with Crippen LogP contribution in [0.1, 0.15) is 29.2 Å². The van der Waals surface area contributed by atoms with Gasteiger partial charge in [-0.1, -0.05) is 18.2 Å². The molecule has 7 heteroatoms. The number of benzene rings is 2. The number of nitrogens with zero attached hydrogens (tertiary/aromatic N) is 1. The van der Waals surface area contributed by atoms with Gasteiger partial charge in [0.25, 0.3) is 5.91 Å². The van der Waals surface area contributed by atoms with Crippen LogP contribution in [-0.2, 0) is 14.3 Å². The largest absolute Gasteiger partial charge is 0.442 e. The van der Waals surface area contributed by atoms with E-state index in [9.17, 15) is 14.4 Å². The Bertz CT molecular complexity index is 1070. The third-order valence-corrected chi connectivity index (χ3v) is 5.47. The number of aryl methyl sites for hydroxylation is 1. The molecule has 1 unspecified atom stereocenters. The highest BCUT2D eigenvalue weighted by Gasteiger charge is 2.32. The molecule has 0 aromatic heterocycles. The van der Waals surface area contributed by atoms with Crippen molar-refractivity contribution in [2.75, 3.05) is 23.3 Å². The van der Waals surface area contributed by atoms with Crippen molar-refractivity contribution >= 4 is 40.9 Å². The van der Waals surface area contributed by atoms with Gasteiger partial charge in [-0.15, -0.1) is 0 Å². The zero-order valence-electron chi connectivity index (χ0n) is 17.1. The highest BCUT2D eigenvalue weighted by Crippen LogP contribution is 2.37. The normalized spacial score (nSPS) is 19.0. The van der Waals surface area contributed by atoms with E-state index in [0.29, 0.717) is 17.8 Å². The van der Waals surface area contributed by atoms with Crippen molar-refractivity contribution in [3.8, 4) is 0 Å². The van der Waals surface area contributed by atoms with Crippen LogP contribution in [-0.4, -0.2) is 37.1 Å². The first kappa shape index (κ1) is 19.7. The molecule has 154 valence electrons. The average Bonchev–Trinajstić information content (AvgIpc) is 3.24. The molecule has 2 aromatic rings. The molecule has 30 heavy (non-hydrogen) atoms. The van der Waals surface area contributed by atoms with Gasteiger partial charge >= 0.3 is 6.09 Å². The van der Waals surface area contributed by atoms with Crippen molar-refractivity contribution in [3.63, 3.8) is 0 Å². The van der Waals surface area contributed by atoms with Crippen molar-refractivity contribution in [2.45, 2.75) is 26.9 Å². The van der Waals surface area contributed by atoms with E-state index in [4.69, 9.17) is 4.74 Å². The van der Waals surface area contributed by atoms with Crippen LogP contribution >= 0.6 is 0 Å². The maximum absolute atomic E-state index is 12.5. The smallest absolute Gasteiger partial charge is 0.414 e. The molecule has 3 amide bonds. The number of cyclic esters (lactones) is 1. The molecule has 0 spiro atoms. The Morgan fingerprint density at radius 1 is 1.20 bits per heavy atom. The second-order valence-electron chi connectivity index (χ2n) is 7.59. The summed E-state index contributed by atoms with van der Waals surface area (Å²) in [4.78, 5) is 37.2. The fraction of sp³-hybridized carbons (Fsp3) is 0.261. The summed E-state index contributed by atoms with van der Waals surface area (Å²) in [6.07, 6.45) is 1.04. The van der Waals surface area contributed by atoms with Crippen molar-refractivity contribution in [3.05, 3.63) is 58.7 Å². The average molecular weight is 405 g/mol. The molecule has 2 heterocycles. The lowest BCUT2D eigenvalue weighted by Gasteiger charge is -2.13. The first-order chi connectivity index (χ1) is 14.3. The van der Waals surface area contributed by atoms with E-state index in [2.05, 4.69) is 10.6 Å². The van der Waals surface area contributed by atoms with Gasteiger partial charge in [-0.25, -0.2) is 4.79 Å². The van der Waals surface area contributed by atoms with E-state index < -0.39 is 6.09 Å². The Kier molecular flexibility index (Phi) is 5.03. The van der Waals surface area contributed by atoms with Crippen molar-refractivity contribution in [2.24, 2.45) is 0 Å². The molecule has 2 N–H and O–H groups in total. The standard InChI is InChI=1S/C23H23N3O4/c1-13-4-9-20-21(14(13)2)19(22(28)25-20)10-16-5-7-17(8-6-16)26-12-18(30-23(26)29)11-24-15(3)27/h4-10,18H,11-12H2,1-3H3,(H,24,27)(H,25,28)/b19-10+. The van der Waals surface area contributed by atoms with Gasteiger partial charge in [0.1, 0.15) is 6.10 Å². The third-order valence-electron chi connectivity index (χ3n) is 5.47. The highest BCUT2D eigenvalue weighted by atomic mass is 16.6. The Labute approximate surface area is 174 Å². The molecule has 0 aliphatic carbocycles. The van der Waals surface area contributed by atoms with Gasteiger partial charge in [0.15, 0.2) is 0 Å². The van der Waals surface area contributed by atoms with Crippen LogP contribution in [0.25, 0.3) is 11.6 Å². The van der Waals surface area contributed by atoms with Crippen LogP contribution < -0.4 is 15.5 Å². The van der Waals surface area contributed by atoms with Crippen molar-refractivity contribution in [1.82, 2.24) is 5.32 Å². The summed E-state index contributed by atoms with van der Waals surface area (Å²) < 4.78 is 5.30. The molecule has 1 atom stereocenters. The van der Waals surface area contributed by atoms with E-state index >= 15 is 0 Å². The Morgan fingerprint density at radius 2 is 1.93 bits per heavy atom. The quantitative estimate of drug-likeness (QED) is 0.765. The molecule has 4 rings (SSSR count). The predicted molar refractivity (Wildman–Crippen MR) is 115 cm³/mol. The Morgan fingerprint density at radius 3 is 2.63 bits per heavy atom. The Balaban J connectivity index is 1.54. The topological polar surface area (TPSA) is 87.7 Å². The van der Waals surface area contributed by atoms with Crippen LogP contribution in [0.2, 0.25) is 0 Å². The van der Waals surface area contributed by atoms with Gasteiger partial charge in [0.05, 0.1) is 13.1 Å². The number of carbonyl (C=O) groups is 3. The predicted octanol–water partition coefficient (Wildman–Crippen LogP) is 3.26. The SMILES string of the molecule is CC(=O)NCC1CN(c2ccc(/C=C3/C(=O)Nc4ccc(C)c(C)c43)cc2)C(=O)O1. The summed E-state index contributed by atoms with van der Waals surface area (Å²) in [7, 11) is 0. The van der Waals surface area contributed by atoms with E-state index in [1.165, 1.54) is 11.8 Å². The van der Waals surface area contributed by atoms with Gasteiger partial charge in [-0.3, -0.25) is 14.5 Å². The summed E-state index contributed by atoms with van der Waals surface area (Å²) in [5, 5.41) is 5.58. The van der Waals surface area contributed by atoms with E-state index in [0.717, 1.165) is 27.9 Å². The molecule has 0 radical (unpaired) electrons. The molecule has 2 aliphatic heterocycles. The van der Waals surface area contributed by atoms with Crippen LogP contribution in [0.15, 0.2) is 36.4 Å². The second-order valence-corrected chi connectivity index (χ2v) is 7.59. The Hall–Kier alpha value is -3.61. The number of rotatable bonds is 4. The lowest BCUT2D eigenvalue weighted by molar-refractivity contribution is -0.119. The van der Waals surface area contributed by atoms with Gasteiger partial charge in [0.2, 0.25) is 5.91 Å². The molecule has 2 aliphatic rings. The van der Waals surface area contributed by atoms with Crippen molar-refractivity contribution < 1.29 is 19.1 Å². The van der Waals surface area contributed by atoms with Crippen LogP contribution in [0.5, 0.6) is 0 Å². The van der Waals surface area contributed by atoms with Gasteiger partial charge in [-0.2, -0.15) is 0 Å². The maximum atomic E-state index is 12.5. The van der Waals surface area contributed by atoms with Gasteiger partial charge in [0, 0.05) is 29.4 Å². The number of hydrogen-bond donors (Lipinski definition) is 2. The first-order valence-electron chi connectivity index (χ1n) is 9.80. The zero-order valence-corrected chi connectivity index (χ0v) is 17.1. The number of anilines is 2. The van der Waals surface area contributed by atoms with Gasteiger partial charge < -0.3 is 15.4 Å². The number of nitrogens with one attached hydrogen (secondary N) is 2. The van der Waals surface area contributed by atoms with E-state index in [1.807, 2.05) is 56.3 Å². The molecule has 0 saturated carbocycles. The molecule has 2 aromatic carbocycles. The molecule has 1 fully saturated rings. The number of amides is 3. The highest BCUT2D eigenvalue weighted by molar-refractivity contribution is 6.35. The minimum atomic E-state index is -0.438. The monoisotopic (exact) mass is 405 g/mol. The molecular formula is C23H23N3O4. The number of carbonyl (C=O) groups excluding carboxylic acids is 3. The molecule has 0 bridgehead atoms. The number of ether oxygens (including phenoxy) is 1. The summed E-state index contributed by atoms with van der Waals surface area (Å²) in [6.45, 7) is 6.12. The minimum absolute atomic E-state index is 0.119. The van der Waals surface area contributed by atoms with Gasteiger partial charge in [-0.05, 0) is 54.8 Å². The first-order valence-corrected chi connectivity index (χ1v) is 9.80. The maximum Gasteiger partial charge on any atom is 0.414 e. The summed E-state index contributed by atoms with van der Waals surface area (Å²) >= 11 is 0. The molecular weight excluding hydrogens is 382 g/mol.